The van der Waals surface area contributed by atoms with Crippen molar-refractivity contribution in [1.82, 2.24) is 19.5 Å². The molecule has 37 heavy (non-hydrogen) atoms. The molecule has 188 valence electrons. The standard InChI is InChI=1S/C27H21ClF2N4O2S/c28-18-7-8-19-23(13-18)32-25(27(36)33-37-11-10-35)24(19)26-20(17-4-2-1-3-5-17)14-31-34(26)15-16-6-9-21(29)22(30)12-16/h1-9,12-14,32,35H,10-11,15H2,(H,33,36). The van der Waals surface area contributed by atoms with Crippen molar-refractivity contribution in [3.8, 4) is 22.4 Å². The predicted octanol–water partition coefficient (Wildman–Crippen LogP) is 6.05. The molecule has 0 radical (unpaired) electrons. The second-order valence-corrected chi connectivity index (χ2v) is 9.58. The quantitative estimate of drug-likeness (QED) is 0.166. The molecule has 0 aliphatic heterocycles. The summed E-state index contributed by atoms with van der Waals surface area (Å²) in [7, 11) is 0. The number of benzene rings is 3. The van der Waals surface area contributed by atoms with Crippen LogP contribution in [0.3, 0.4) is 0 Å². The van der Waals surface area contributed by atoms with E-state index in [4.69, 9.17) is 16.7 Å². The van der Waals surface area contributed by atoms with Crippen molar-refractivity contribution in [3.05, 3.63) is 101 Å². The Morgan fingerprint density at radius 1 is 1.08 bits per heavy atom. The highest BCUT2D eigenvalue weighted by atomic mass is 35.5. The summed E-state index contributed by atoms with van der Waals surface area (Å²) in [4.78, 5) is 16.5. The van der Waals surface area contributed by atoms with Crippen LogP contribution in [0.1, 0.15) is 16.1 Å². The Labute approximate surface area is 220 Å². The van der Waals surface area contributed by atoms with Crippen LogP contribution in [-0.4, -0.2) is 38.1 Å². The third-order valence-corrected chi connectivity index (χ3v) is 6.77. The van der Waals surface area contributed by atoms with Gasteiger partial charge in [-0.25, -0.2) is 8.78 Å². The molecule has 2 heterocycles. The Morgan fingerprint density at radius 3 is 2.65 bits per heavy atom. The van der Waals surface area contributed by atoms with Crippen molar-refractivity contribution in [2.75, 3.05) is 12.4 Å². The van der Waals surface area contributed by atoms with Gasteiger partial charge in [-0.1, -0.05) is 54.1 Å². The zero-order chi connectivity index (χ0) is 25.9. The van der Waals surface area contributed by atoms with Gasteiger partial charge in [0.05, 0.1) is 25.0 Å². The van der Waals surface area contributed by atoms with Gasteiger partial charge in [-0.2, -0.15) is 5.10 Å². The fourth-order valence-corrected chi connectivity index (χ4v) is 4.81. The molecule has 5 rings (SSSR count). The molecule has 10 heteroatoms. The lowest BCUT2D eigenvalue weighted by molar-refractivity contribution is 0.0981. The summed E-state index contributed by atoms with van der Waals surface area (Å²) in [5.41, 5.74) is 4.30. The second-order valence-electron chi connectivity index (χ2n) is 8.25. The van der Waals surface area contributed by atoms with E-state index < -0.39 is 11.6 Å². The normalized spacial score (nSPS) is 11.2. The number of aromatic nitrogens is 3. The molecule has 0 bridgehead atoms. The molecule has 0 saturated heterocycles. The summed E-state index contributed by atoms with van der Waals surface area (Å²) in [6.45, 7) is 0.0548. The Bertz CT molecular complexity index is 1590. The molecule has 0 saturated carbocycles. The van der Waals surface area contributed by atoms with Crippen molar-refractivity contribution in [2.45, 2.75) is 6.54 Å². The van der Waals surface area contributed by atoms with Gasteiger partial charge in [-0.3, -0.25) is 14.2 Å². The molecule has 0 fully saturated rings. The number of carbonyl (C=O) groups is 1. The number of carbonyl (C=O) groups excluding carboxylic acids is 1. The van der Waals surface area contributed by atoms with Crippen LogP contribution in [0, 0.1) is 11.6 Å². The highest BCUT2D eigenvalue weighted by molar-refractivity contribution is 7.97. The smallest absolute Gasteiger partial charge is 0.278 e. The number of fused-ring (bicyclic) bond motifs is 1. The van der Waals surface area contributed by atoms with Gasteiger partial charge >= 0.3 is 0 Å². The van der Waals surface area contributed by atoms with Crippen LogP contribution in [0.15, 0.2) is 72.9 Å². The van der Waals surface area contributed by atoms with Crippen LogP contribution >= 0.6 is 23.5 Å². The van der Waals surface area contributed by atoms with Crippen LogP contribution in [0.5, 0.6) is 0 Å². The van der Waals surface area contributed by atoms with Crippen molar-refractivity contribution < 1.29 is 18.7 Å². The monoisotopic (exact) mass is 538 g/mol. The average Bonchev–Trinajstić information content (AvgIpc) is 3.47. The number of nitrogens with one attached hydrogen (secondary N) is 2. The van der Waals surface area contributed by atoms with Crippen molar-refractivity contribution in [2.24, 2.45) is 0 Å². The molecule has 0 atom stereocenters. The lowest BCUT2D eigenvalue weighted by atomic mass is 9.98. The molecule has 6 nitrogen and oxygen atoms in total. The molecule has 1 amide bonds. The van der Waals surface area contributed by atoms with Gasteiger partial charge in [-0.15, -0.1) is 0 Å². The molecular weight excluding hydrogens is 518 g/mol. The van der Waals surface area contributed by atoms with Gasteiger partial charge in [0.25, 0.3) is 5.91 Å². The molecule has 3 aromatic carbocycles. The number of hydrogen-bond acceptors (Lipinski definition) is 4. The van der Waals surface area contributed by atoms with Crippen LogP contribution < -0.4 is 4.72 Å². The minimum absolute atomic E-state index is 0.0841. The number of rotatable bonds is 8. The van der Waals surface area contributed by atoms with E-state index >= 15 is 0 Å². The first-order valence-corrected chi connectivity index (χ1v) is 12.7. The van der Waals surface area contributed by atoms with E-state index in [0.717, 1.165) is 40.6 Å². The first kappa shape index (κ1) is 25.0. The van der Waals surface area contributed by atoms with Crippen molar-refractivity contribution >= 4 is 40.4 Å². The molecule has 0 unspecified atom stereocenters. The number of halogens is 3. The van der Waals surface area contributed by atoms with Gasteiger partial charge < -0.3 is 10.1 Å². The number of H-pyrrole nitrogens is 1. The summed E-state index contributed by atoms with van der Waals surface area (Å²) in [6, 6.07) is 18.6. The lowest BCUT2D eigenvalue weighted by Gasteiger charge is -2.13. The Hall–Kier alpha value is -3.66. The Balaban J connectivity index is 1.73. The van der Waals surface area contributed by atoms with Crippen molar-refractivity contribution in [1.29, 1.82) is 0 Å². The van der Waals surface area contributed by atoms with Gasteiger partial charge in [0.15, 0.2) is 11.6 Å². The van der Waals surface area contributed by atoms with E-state index in [0.29, 0.717) is 33.1 Å². The number of amides is 1. The topological polar surface area (TPSA) is 82.9 Å². The minimum atomic E-state index is -0.947. The van der Waals surface area contributed by atoms with Gasteiger partial charge in [-0.05, 0) is 47.3 Å². The van der Waals surface area contributed by atoms with Gasteiger partial charge in [0.1, 0.15) is 5.69 Å². The third-order valence-electron chi connectivity index (χ3n) is 5.82. The van der Waals surface area contributed by atoms with E-state index in [1.165, 1.54) is 6.07 Å². The largest absolute Gasteiger partial charge is 0.395 e. The van der Waals surface area contributed by atoms with E-state index in [2.05, 4.69) is 14.8 Å². The molecule has 2 aromatic heterocycles. The molecular formula is C27H21ClF2N4O2S. The van der Waals surface area contributed by atoms with E-state index in [1.807, 2.05) is 36.4 Å². The van der Waals surface area contributed by atoms with Crippen LogP contribution in [0.2, 0.25) is 5.02 Å². The second kappa shape index (κ2) is 10.8. The first-order valence-electron chi connectivity index (χ1n) is 11.4. The maximum absolute atomic E-state index is 14.0. The van der Waals surface area contributed by atoms with Crippen molar-refractivity contribution in [3.63, 3.8) is 0 Å². The van der Waals surface area contributed by atoms with Crippen LogP contribution in [0.25, 0.3) is 33.3 Å². The summed E-state index contributed by atoms with van der Waals surface area (Å²) < 4.78 is 32.0. The zero-order valence-corrected chi connectivity index (χ0v) is 20.9. The number of nitrogens with zero attached hydrogens (tertiary/aromatic N) is 2. The number of aromatic amines is 1. The maximum atomic E-state index is 14.0. The molecule has 3 N–H and O–H groups in total. The molecule has 5 aromatic rings. The predicted molar refractivity (Wildman–Crippen MR) is 142 cm³/mol. The number of hydrogen-bond donors (Lipinski definition) is 3. The van der Waals surface area contributed by atoms with E-state index in [-0.39, 0.29) is 24.8 Å². The Morgan fingerprint density at radius 2 is 1.89 bits per heavy atom. The first-order chi connectivity index (χ1) is 18.0. The maximum Gasteiger partial charge on any atom is 0.278 e. The van der Waals surface area contributed by atoms with Crippen LogP contribution in [-0.2, 0) is 6.54 Å². The summed E-state index contributed by atoms with van der Waals surface area (Å²) >= 11 is 7.33. The molecule has 0 aliphatic carbocycles. The SMILES string of the molecule is O=C(NSCCO)c1[nH]c2cc(Cl)ccc2c1-c1c(-c2ccccc2)cnn1Cc1ccc(F)c(F)c1. The fourth-order valence-electron chi connectivity index (χ4n) is 4.21. The van der Waals surface area contributed by atoms with E-state index in [1.54, 1.807) is 23.0 Å². The number of aliphatic hydroxyl groups is 1. The summed E-state index contributed by atoms with van der Waals surface area (Å²) in [6.07, 6.45) is 1.70. The van der Waals surface area contributed by atoms with Crippen LogP contribution in [0.4, 0.5) is 8.78 Å². The average molecular weight is 539 g/mol. The summed E-state index contributed by atoms with van der Waals surface area (Å²) in [5, 5.41) is 14.9. The molecule has 0 spiro atoms. The van der Waals surface area contributed by atoms with Gasteiger partial charge in [0.2, 0.25) is 0 Å². The Kier molecular flexibility index (Phi) is 7.27. The minimum Gasteiger partial charge on any atom is -0.395 e. The number of aliphatic hydroxyl groups excluding tert-OH is 1. The highest BCUT2D eigenvalue weighted by Gasteiger charge is 2.26. The third kappa shape index (κ3) is 5.11. The molecule has 0 aliphatic rings. The fraction of sp³-hybridized carbons (Fsp3) is 0.111. The highest BCUT2D eigenvalue weighted by Crippen LogP contribution is 2.40. The lowest BCUT2D eigenvalue weighted by Crippen LogP contribution is -2.19. The zero-order valence-electron chi connectivity index (χ0n) is 19.3. The van der Waals surface area contributed by atoms with Gasteiger partial charge in [0, 0.05) is 32.8 Å². The summed E-state index contributed by atoms with van der Waals surface area (Å²) in [5.74, 6) is -1.93. The van der Waals surface area contributed by atoms with E-state index in [9.17, 15) is 13.6 Å².